The highest BCUT2D eigenvalue weighted by atomic mass is 16.3. The summed E-state index contributed by atoms with van der Waals surface area (Å²) in [5, 5.41) is 9.48. The fraction of sp³-hybridized carbons (Fsp3) is 0.562. The summed E-state index contributed by atoms with van der Waals surface area (Å²) in [5.74, 6) is 0.0726. The Morgan fingerprint density at radius 1 is 1.35 bits per heavy atom. The third-order valence-corrected chi connectivity index (χ3v) is 4.24. The first kappa shape index (κ1) is 15.0. The number of aliphatic hydroxyl groups excluding tert-OH is 1. The molecule has 2 atom stereocenters. The van der Waals surface area contributed by atoms with Crippen molar-refractivity contribution in [2.24, 2.45) is 0 Å². The van der Waals surface area contributed by atoms with Crippen LogP contribution in [0, 0.1) is 0 Å². The molecular formula is C16H24N2O2. The molecule has 0 spiro atoms. The van der Waals surface area contributed by atoms with Gasteiger partial charge in [-0.2, -0.15) is 0 Å². The van der Waals surface area contributed by atoms with Crippen LogP contribution in [0.25, 0.3) is 0 Å². The quantitative estimate of drug-likeness (QED) is 0.913. The maximum atomic E-state index is 12.4. The van der Waals surface area contributed by atoms with Crippen LogP contribution in [-0.4, -0.2) is 48.2 Å². The Hall–Kier alpha value is -1.39. The highest BCUT2D eigenvalue weighted by Gasteiger charge is 2.29. The van der Waals surface area contributed by atoms with E-state index in [0.29, 0.717) is 12.6 Å². The van der Waals surface area contributed by atoms with Gasteiger partial charge in [0.25, 0.3) is 0 Å². The van der Waals surface area contributed by atoms with Crippen molar-refractivity contribution in [3.63, 3.8) is 0 Å². The van der Waals surface area contributed by atoms with E-state index >= 15 is 0 Å². The third kappa shape index (κ3) is 3.38. The van der Waals surface area contributed by atoms with Crippen molar-refractivity contribution in [3.8, 4) is 0 Å². The summed E-state index contributed by atoms with van der Waals surface area (Å²) in [6, 6.07) is 10.1. The number of hydrogen-bond acceptors (Lipinski definition) is 3. The Labute approximate surface area is 121 Å². The smallest absolute Gasteiger partial charge is 0.240 e. The lowest BCUT2D eigenvalue weighted by atomic mass is 9.97. The van der Waals surface area contributed by atoms with Gasteiger partial charge >= 0.3 is 0 Å². The first-order valence-electron chi connectivity index (χ1n) is 7.31. The van der Waals surface area contributed by atoms with Crippen LogP contribution >= 0.6 is 0 Å². The van der Waals surface area contributed by atoms with Gasteiger partial charge in [-0.25, -0.2) is 0 Å². The molecule has 0 aromatic heterocycles. The van der Waals surface area contributed by atoms with E-state index in [1.807, 2.05) is 30.3 Å². The Balaban J connectivity index is 2.02. The van der Waals surface area contributed by atoms with Crippen LogP contribution < -0.4 is 4.90 Å². The van der Waals surface area contributed by atoms with Crippen molar-refractivity contribution in [1.82, 2.24) is 4.90 Å². The molecule has 20 heavy (non-hydrogen) atoms. The van der Waals surface area contributed by atoms with Crippen molar-refractivity contribution in [3.05, 3.63) is 30.3 Å². The average molecular weight is 276 g/mol. The van der Waals surface area contributed by atoms with Crippen LogP contribution in [-0.2, 0) is 4.79 Å². The summed E-state index contributed by atoms with van der Waals surface area (Å²) in [6.07, 6.45) is 3.20. The fourth-order valence-corrected chi connectivity index (χ4v) is 2.88. The summed E-state index contributed by atoms with van der Waals surface area (Å²) in [6.45, 7) is 2.64. The normalized spacial score (nSPS) is 23.6. The van der Waals surface area contributed by atoms with Gasteiger partial charge in [-0.05, 0) is 31.9 Å². The molecule has 0 radical (unpaired) electrons. The number of likely N-dealkylation sites (N-methyl/N-ethyl adjacent to an activating group) is 1. The van der Waals surface area contributed by atoms with Crippen LogP contribution in [0.5, 0.6) is 0 Å². The second kappa shape index (κ2) is 6.86. The van der Waals surface area contributed by atoms with E-state index in [1.165, 1.54) is 0 Å². The van der Waals surface area contributed by atoms with E-state index in [0.717, 1.165) is 24.9 Å². The largest absolute Gasteiger partial charge is 0.395 e. The van der Waals surface area contributed by atoms with Crippen molar-refractivity contribution in [1.29, 1.82) is 0 Å². The fourth-order valence-electron chi connectivity index (χ4n) is 2.88. The van der Waals surface area contributed by atoms with Crippen LogP contribution in [0.3, 0.4) is 0 Å². The molecule has 0 saturated carbocycles. The first-order chi connectivity index (χ1) is 9.63. The van der Waals surface area contributed by atoms with Crippen molar-refractivity contribution < 1.29 is 9.90 Å². The van der Waals surface area contributed by atoms with Gasteiger partial charge in [0.1, 0.15) is 0 Å². The van der Waals surface area contributed by atoms with E-state index in [9.17, 15) is 9.90 Å². The zero-order valence-corrected chi connectivity index (χ0v) is 12.3. The van der Waals surface area contributed by atoms with Crippen molar-refractivity contribution in [2.75, 3.05) is 25.1 Å². The molecule has 0 bridgehead atoms. The molecule has 1 saturated heterocycles. The number of piperidine rings is 1. The second-order valence-corrected chi connectivity index (χ2v) is 5.58. The number of likely N-dealkylation sites (tertiary alicyclic amines) is 1. The monoisotopic (exact) mass is 276 g/mol. The number of nitrogens with zero attached hydrogens (tertiary/aromatic N) is 2. The standard InChI is InChI=1S/C16H24N2O2/c1-13-7-6-10-15(12-19)18(13)11-16(20)17(2)14-8-4-3-5-9-14/h3-5,8-9,13,15,19H,6-7,10-12H2,1-2H3. The highest BCUT2D eigenvalue weighted by molar-refractivity contribution is 5.94. The summed E-state index contributed by atoms with van der Waals surface area (Å²) < 4.78 is 0. The number of anilines is 1. The van der Waals surface area contributed by atoms with Crippen LogP contribution in [0.1, 0.15) is 26.2 Å². The zero-order valence-electron chi connectivity index (χ0n) is 12.3. The van der Waals surface area contributed by atoms with Gasteiger partial charge in [-0.15, -0.1) is 0 Å². The molecular weight excluding hydrogens is 252 g/mol. The third-order valence-electron chi connectivity index (χ3n) is 4.24. The minimum absolute atomic E-state index is 0.0726. The van der Waals surface area contributed by atoms with Crippen LogP contribution in [0.15, 0.2) is 30.3 Å². The number of para-hydroxylation sites is 1. The van der Waals surface area contributed by atoms with E-state index in [1.54, 1.807) is 11.9 Å². The average Bonchev–Trinajstić information content (AvgIpc) is 2.49. The van der Waals surface area contributed by atoms with Crippen LogP contribution in [0.2, 0.25) is 0 Å². The molecule has 1 aromatic rings. The lowest BCUT2D eigenvalue weighted by Crippen LogP contribution is -2.51. The SMILES string of the molecule is CC1CCCC(CO)N1CC(=O)N(C)c1ccccc1. The number of benzene rings is 1. The lowest BCUT2D eigenvalue weighted by Gasteiger charge is -2.40. The minimum Gasteiger partial charge on any atom is -0.395 e. The van der Waals surface area contributed by atoms with Gasteiger partial charge < -0.3 is 10.0 Å². The molecule has 1 N–H and O–H groups in total. The van der Waals surface area contributed by atoms with Crippen LogP contribution in [0.4, 0.5) is 5.69 Å². The number of rotatable bonds is 4. The molecule has 1 aromatic carbocycles. The number of aliphatic hydroxyl groups is 1. The van der Waals surface area contributed by atoms with E-state index in [-0.39, 0.29) is 18.6 Å². The summed E-state index contributed by atoms with van der Waals surface area (Å²) in [5.41, 5.74) is 0.905. The molecule has 1 amide bonds. The lowest BCUT2D eigenvalue weighted by molar-refractivity contribution is -0.121. The summed E-state index contributed by atoms with van der Waals surface area (Å²) in [7, 11) is 1.81. The highest BCUT2D eigenvalue weighted by Crippen LogP contribution is 2.23. The molecule has 1 heterocycles. The maximum Gasteiger partial charge on any atom is 0.240 e. The molecule has 2 rings (SSSR count). The molecule has 1 fully saturated rings. The van der Waals surface area contributed by atoms with Gasteiger partial charge in [0.05, 0.1) is 13.2 Å². The molecule has 4 nitrogen and oxygen atoms in total. The van der Waals surface area contributed by atoms with Crippen molar-refractivity contribution >= 4 is 11.6 Å². The summed E-state index contributed by atoms with van der Waals surface area (Å²) in [4.78, 5) is 16.3. The Morgan fingerprint density at radius 3 is 2.70 bits per heavy atom. The van der Waals surface area contributed by atoms with Gasteiger partial charge in [0.2, 0.25) is 5.91 Å². The molecule has 4 heteroatoms. The Kier molecular flexibility index (Phi) is 5.15. The zero-order chi connectivity index (χ0) is 14.5. The first-order valence-corrected chi connectivity index (χ1v) is 7.31. The van der Waals surface area contributed by atoms with Gasteiger partial charge in [0, 0.05) is 24.8 Å². The number of carbonyl (C=O) groups excluding carboxylic acids is 1. The van der Waals surface area contributed by atoms with Gasteiger partial charge in [-0.3, -0.25) is 9.69 Å². The number of amides is 1. The Morgan fingerprint density at radius 2 is 2.05 bits per heavy atom. The topological polar surface area (TPSA) is 43.8 Å². The predicted octanol–water partition coefficient (Wildman–Crippen LogP) is 1.88. The molecule has 1 aliphatic heterocycles. The van der Waals surface area contributed by atoms with E-state index in [4.69, 9.17) is 0 Å². The molecule has 1 aliphatic rings. The second-order valence-electron chi connectivity index (χ2n) is 5.58. The number of hydrogen-bond donors (Lipinski definition) is 1. The Bertz CT molecular complexity index is 435. The van der Waals surface area contributed by atoms with Crippen molar-refractivity contribution in [2.45, 2.75) is 38.3 Å². The maximum absolute atomic E-state index is 12.4. The van der Waals surface area contributed by atoms with E-state index < -0.39 is 0 Å². The predicted molar refractivity (Wildman–Crippen MR) is 80.7 cm³/mol. The van der Waals surface area contributed by atoms with Gasteiger partial charge in [-0.1, -0.05) is 24.6 Å². The molecule has 0 aliphatic carbocycles. The van der Waals surface area contributed by atoms with Gasteiger partial charge in [0.15, 0.2) is 0 Å². The van der Waals surface area contributed by atoms with E-state index in [2.05, 4.69) is 11.8 Å². The number of carbonyl (C=O) groups is 1. The minimum atomic E-state index is 0.0726. The summed E-state index contributed by atoms with van der Waals surface area (Å²) >= 11 is 0. The molecule has 110 valence electrons. The molecule has 2 unspecified atom stereocenters.